The zero-order chi connectivity index (χ0) is 18.7. The second-order valence-corrected chi connectivity index (χ2v) is 5.52. The van der Waals surface area contributed by atoms with Crippen molar-refractivity contribution < 1.29 is 14.3 Å². The molecule has 0 spiro atoms. The number of hydrogen-bond donors (Lipinski definition) is 3. The van der Waals surface area contributed by atoms with E-state index in [4.69, 9.17) is 15.9 Å². The maximum Gasteiger partial charge on any atom is 0.337 e. The van der Waals surface area contributed by atoms with E-state index in [2.05, 4.69) is 10.3 Å². The van der Waals surface area contributed by atoms with Crippen molar-refractivity contribution in [1.29, 1.82) is 5.41 Å². The maximum absolute atomic E-state index is 12.7. The Hall–Kier alpha value is -3.68. The predicted molar refractivity (Wildman–Crippen MR) is 95.4 cm³/mol. The summed E-state index contributed by atoms with van der Waals surface area (Å²) in [5.41, 5.74) is 7.34. The molecule has 0 aliphatic rings. The van der Waals surface area contributed by atoms with Gasteiger partial charge in [-0.1, -0.05) is 30.3 Å². The number of methoxy groups -OCH3 is 1. The van der Waals surface area contributed by atoms with Gasteiger partial charge in [0.05, 0.1) is 23.7 Å². The van der Waals surface area contributed by atoms with Gasteiger partial charge in [0.25, 0.3) is 0 Å². The van der Waals surface area contributed by atoms with Gasteiger partial charge in [0.1, 0.15) is 0 Å². The molecule has 0 unspecified atom stereocenters. The minimum absolute atomic E-state index is 0.0850. The first-order valence-electron chi connectivity index (χ1n) is 7.78. The fourth-order valence-electron chi connectivity index (χ4n) is 2.52. The number of esters is 1. The van der Waals surface area contributed by atoms with Gasteiger partial charge in [0.15, 0.2) is 11.3 Å². The molecule has 0 aliphatic heterocycles. The number of anilines is 1. The highest BCUT2D eigenvalue weighted by Gasteiger charge is 2.15. The van der Waals surface area contributed by atoms with Gasteiger partial charge < -0.3 is 15.8 Å². The first-order valence-corrected chi connectivity index (χ1v) is 7.78. The van der Waals surface area contributed by atoms with E-state index in [1.165, 1.54) is 19.2 Å². The third-order valence-corrected chi connectivity index (χ3v) is 3.83. The summed E-state index contributed by atoms with van der Waals surface area (Å²) in [6.45, 7) is 0.284. The summed E-state index contributed by atoms with van der Waals surface area (Å²) in [5.74, 6) is -0.635. The molecule has 0 saturated heterocycles. The van der Waals surface area contributed by atoms with Crippen LogP contribution in [-0.2, 0) is 11.3 Å². The van der Waals surface area contributed by atoms with Crippen molar-refractivity contribution in [3.63, 3.8) is 0 Å². The van der Waals surface area contributed by atoms with Crippen LogP contribution in [0, 0.1) is 5.41 Å². The third-order valence-electron chi connectivity index (χ3n) is 3.83. The summed E-state index contributed by atoms with van der Waals surface area (Å²) >= 11 is 0. The van der Waals surface area contributed by atoms with Crippen LogP contribution in [0.4, 0.5) is 10.6 Å². The van der Waals surface area contributed by atoms with Crippen molar-refractivity contribution in [2.45, 2.75) is 6.54 Å². The molecular formula is C18H17N5O3. The number of fused-ring (bicyclic) bond motifs is 1. The maximum atomic E-state index is 12.7. The number of carbonyl (C=O) groups is 2. The average Bonchev–Trinajstić information content (AvgIpc) is 2.67. The van der Waals surface area contributed by atoms with Gasteiger partial charge in [-0.25, -0.2) is 19.1 Å². The van der Waals surface area contributed by atoms with E-state index in [1.54, 1.807) is 6.07 Å². The third kappa shape index (κ3) is 3.25. The van der Waals surface area contributed by atoms with Crippen LogP contribution in [-0.4, -0.2) is 28.7 Å². The molecule has 1 heterocycles. The first-order chi connectivity index (χ1) is 12.5. The highest BCUT2D eigenvalue weighted by atomic mass is 16.5. The smallest absolute Gasteiger partial charge is 0.337 e. The van der Waals surface area contributed by atoms with E-state index in [-0.39, 0.29) is 28.9 Å². The van der Waals surface area contributed by atoms with Crippen LogP contribution in [0.2, 0.25) is 0 Å². The van der Waals surface area contributed by atoms with Crippen LogP contribution < -0.4 is 16.5 Å². The summed E-state index contributed by atoms with van der Waals surface area (Å²) in [6, 6.07) is 13.4. The van der Waals surface area contributed by atoms with E-state index in [0.29, 0.717) is 5.52 Å². The monoisotopic (exact) mass is 351 g/mol. The number of aromatic nitrogens is 2. The number of ether oxygens (including phenoxy) is 1. The fourth-order valence-corrected chi connectivity index (χ4v) is 2.52. The zero-order valence-corrected chi connectivity index (χ0v) is 14.0. The quantitative estimate of drug-likeness (QED) is 0.619. The fraction of sp³-hybridized carbons (Fsp3) is 0.111. The molecule has 0 saturated carbocycles. The highest BCUT2D eigenvalue weighted by Crippen LogP contribution is 2.15. The number of nitrogens with one attached hydrogen (secondary N) is 2. The number of nitrogen functional groups attached to an aromatic ring is 1. The van der Waals surface area contributed by atoms with Crippen LogP contribution in [0.15, 0.2) is 48.5 Å². The molecule has 1 amide bonds. The van der Waals surface area contributed by atoms with Gasteiger partial charge in [-0.05, 0) is 23.8 Å². The molecule has 26 heavy (non-hydrogen) atoms. The molecule has 0 atom stereocenters. The molecule has 3 aromatic rings. The van der Waals surface area contributed by atoms with Gasteiger partial charge in [-0.3, -0.25) is 5.41 Å². The lowest BCUT2D eigenvalue weighted by atomic mass is 10.2. The molecule has 4 N–H and O–H groups in total. The summed E-state index contributed by atoms with van der Waals surface area (Å²) < 4.78 is 5.79. The van der Waals surface area contributed by atoms with Crippen molar-refractivity contribution in [2.24, 2.45) is 0 Å². The van der Waals surface area contributed by atoms with Gasteiger partial charge in [0.2, 0.25) is 0 Å². The second-order valence-electron chi connectivity index (χ2n) is 5.52. The van der Waals surface area contributed by atoms with Crippen LogP contribution in [0.25, 0.3) is 11.0 Å². The Kier molecular flexibility index (Phi) is 4.66. The Bertz CT molecular complexity index is 1040. The molecule has 0 radical (unpaired) electrons. The lowest BCUT2D eigenvalue weighted by Gasteiger charge is -2.13. The number of amides is 1. The Morgan fingerprint density at radius 2 is 1.96 bits per heavy atom. The summed E-state index contributed by atoms with van der Waals surface area (Å²) in [7, 11) is 1.27. The van der Waals surface area contributed by atoms with Crippen LogP contribution in [0.3, 0.4) is 0 Å². The van der Waals surface area contributed by atoms with Crippen molar-refractivity contribution in [3.05, 3.63) is 65.1 Å². The lowest BCUT2D eigenvalue weighted by molar-refractivity contribution is 0.0601. The van der Waals surface area contributed by atoms with Gasteiger partial charge in [-0.15, -0.1) is 0 Å². The molecule has 0 bridgehead atoms. The lowest BCUT2D eigenvalue weighted by Crippen LogP contribution is -2.37. The van der Waals surface area contributed by atoms with Crippen LogP contribution in [0.1, 0.15) is 15.9 Å². The Morgan fingerprint density at radius 3 is 2.65 bits per heavy atom. The minimum atomic E-state index is -0.550. The van der Waals surface area contributed by atoms with Crippen molar-refractivity contribution >= 4 is 28.9 Å². The van der Waals surface area contributed by atoms with E-state index in [9.17, 15) is 9.59 Å². The number of rotatable bonds is 3. The summed E-state index contributed by atoms with van der Waals surface area (Å²) in [4.78, 5) is 28.6. The van der Waals surface area contributed by atoms with E-state index < -0.39 is 12.0 Å². The highest BCUT2D eigenvalue weighted by molar-refractivity contribution is 5.96. The van der Waals surface area contributed by atoms with Crippen LogP contribution >= 0.6 is 0 Å². The normalized spacial score (nSPS) is 10.5. The minimum Gasteiger partial charge on any atom is -0.465 e. The van der Waals surface area contributed by atoms with Gasteiger partial charge >= 0.3 is 12.0 Å². The van der Waals surface area contributed by atoms with Crippen LogP contribution in [0.5, 0.6) is 0 Å². The first kappa shape index (κ1) is 17.2. The zero-order valence-electron chi connectivity index (χ0n) is 14.0. The molecular weight excluding hydrogens is 334 g/mol. The van der Waals surface area contributed by atoms with E-state index >= 15 is 0 Å². The van der Waals surface area contributed by atoms with Crippen molar-refractivity contribution in [2.75, 3.05) is 12.8 Å². The number of nitrogens with two attached hydrogens (primary N) is 1. The predicted octanol–water partition coefficient (Wildman–Crippen LogP) is 1.64. The van der Waals surface area contributed by atoms with Gasteiger partial charge in [0, 0.05) is 6.54 Å². The number of hydrogen-bond acceptors (Lipinski definition) is 6. The van der Waals surface area contributed by atoms with Gasteiger partial charge in [-0.2, -0.15) is 0 Å². The Labute approximate surface area is 148 Å². The number of nitrogens with zero attached hydrogens (tertiary/aromatic N) is 2. The Morgan fingerprint density at radius 1 is 1.23 bits per heavy atom. The molecule has 2 aromatic carbocycles. The van der Waals surface area contributed by atoms with E-state index in [0.717, 1.165) is 10.1 Å². The Balaban J connectivity index is 2.04. The largest absolute Gasteiger partial charge is 0.465 e. The molecule has 3 rings (SSSR count). The van der Waals surface area contributed by atoms with Crippen molar-refractivity contribution in [1.82, 2.24) is 14.9 Å². The molecule has 0 aliphatic carbocycles. The number of benzene rings is 2. The topological polar surface area (TPSA) is 123 Å². The average molecular weight is 351 g/mol. The summed E-state index contributed by atoms with van der Waals surface area (Å²) in [6.07, 6.45) is 0. The van der Waals surface area contributed by atoms with Crippen molar-refractivity contribution in [3.8, 4) is 0 Å². The second kappa shape index (κ2) is 7.06. The molecule has 0 fully saturated rings. The molecule has 8 heteroatoms. The standard InChI is InChI=1S/C18H17N5O3/c1-26-17(24)12-7-8-13-14(9-12)23(16(20)15(19)22-13)18(25)21-10-11-5-3-2-4-6-11/h2-9,20H,10H2,1H3,(H2,19,22)(H,21,25). The molecule has 8 nitrogen and oxygen atoms in total. The SMILES string of the molecule is COC(=O)c1ccc2nc(N)c(=N)n(C(=O)NCc3ccccc3)c2c1. The summed E-state index contributed by atoms with van der Waals surface area (Å²) in [5, 5.41) is 10.9. The molecule has 1 aromatic heterocycles. The number of carbonyl (C=O) groups excluding carboxylic acids is 2. The molecule has 132 valence electrons. The van der Waals surface area contributed by atoms with E-state index in [1.807, 2.05) is 30.3 Å².